The number of benzene rings is 1. The van der Waals surface area contributed by atoms with Crippen LogP contribution in [0, 0.1) is 5.92 Å². The lowest BCUT2D eigenvalue weighted by molar-refractivity contribution is -0.117. The molecule has 1 aromatic carbocycles. The zero-order chi connectivity index (χ0) is 20.5. The van der Waals surface area contributed by atoms with Gasteiger partial charge in [0.15, 0.2) is 11.0 Å². The van der Waals surface area contributed by atoms with Crippen LogP contribution in [0.25, 0.3) is 21.3 Å². The van der Waals surface area contributed by atoms with Crippen molar-refractivity contribution in [1.29, 1.82) is 0 Å². The third kappa shape index (κ3) is 4.02. The number of amides is 1. The van der Waals surface area contributed by atoms with Crippen LogP contribution in [0.2, 0.25) is 0 Å². The summed E-state index contributed by atoms with van der Waals surface area (Å²) in [5.74, 6) is 1.60. The number of carbonyl (C=O) groups is 1. The molecular formula is C22H24N4O3S. The standard InChI is InChI=1S/C22H24N4O3S/c1-28-19-16(14-10-23-18(24-11-14)12-29-15-4-2-3-5-15)8-9-17-20(19)30-22(25-17)26-21(27)13-6-7-13/h8-11,13,15H,2-7,12H2,1H3,(H,25,26,27). The van der Waals surface area contributed by atoms with Crippen molar-refractivity contribution in [2.45, 2.75) is 51.2 Å². The van der Waals surface area contributed by atoms with Crippen LogP contribution in [0.4, 0.5) is 5.13 Å². The molecule has 0 aliphatic heterocycles. The average Bonchev–Trinajstić information content (AvgIpc) is 3.34. The number of carbonyl (C=O) groups excluding carboxylic acids is 1. The van der Waals surface area contributed by atoms with Crippen molar-refractivity contribution >= 4 is 32.6 Å². The predicted molar refractivity (Wildman–Crippen MR) is 116 cm³/mol. The zero-order valence-corrected chi connectivity index (χ0v) is 17.7. The SMILES string of the molecule is COc1c(-c2cnc(COC3CCCC3)nc2)ccc2nc(NC(=O)C3CC3)sc12. The summed E-state index contributed by atoms with van der Waals surface area (Å²) in [5.41, 5.74) is 2.57. The van der Waals surface area contributed by atoms with Crippen LogP contribution in [0.15, 0.2) is 24.5 Å². The number of ether oxygens (including phenoxy) is 2. The molecule has 5 rings (SSSR count). The molecule has 30 heavy (non-hydrogen) atoms. The second-order valence-corrected chi connectivity index (χ2v) is 8.88. The number of anilines is 1. The lowest BCUT2D eigenvalue weighted by Gasteiger charge is -2.11. The monoisotopic (exact) mass is 424 g/mol. The Balaban J connectivity index is 1.36. The highest BCUT2D eigenvalue weighted by Crippen LogP contribution is 2.41. The Labute approximate surface area is 178 Å². The number of methoxy groups -OCH3 is 1. The van der Waals surface area contributed by atoms with E-state index in [0.717, 1.165) is 52.8 Å². The molecule has 156 valence electrons. The molecule has 0 bridgehead atoms. The van der Waals surface area contributed by atoms with E-state index in [9.17, 15) is 4.79 Å². The second kappa shape index (κ2) is 8.28. The van der Waals surface area contributed by atoms with E-state index >= 15 is 0 Å². The molecule has 1 amide bonds. The first kappa shape index (κ1) is 19.4. The second-order valence-electron chi connectivity index (χ2n) is 7.88. The summed E-state index contributed by atoms with van der Waals surface area (Å²) >= 11 is 1.43. The molecule has 0 saturated heterocycles. The number of rotatable bonds is 7. The number of nitrogens with one attached hydrogen (secondary N) is 1. The van der Waals surface area contributed by atoms with Gasteiger partial charge in [-0.05, 0) is 37.8 Å². The number of aromatic nitrogens is 3. The molecule has 2 aliphatic carbocycles. The number of fused-ring (bicyclic) bond motifs is 1. The number of nitrogens with zero attached hydrogens (tertiary/aromatic N) is 3. The zero-order valence-electron chi connectivity index (χ0n) is 16.9. The highest BCUT2D eigenvalue weighted by molar-refractivity contribution is 7.22. The highest BCUT2D eigenvalue weighted by atomic mass is 32.1. The minimum atomic E-state index is 0.0528. The molecule has 2 heterocycles. The van der Waals surface area contributed by atoms with E-state index in [1.54, 1.807) is 19.5 Å². The Morgan fingerprint density at radius 3 is 2.63 bits per heavy atom. The fourth-order valence-electron chi connectivity index (χ4n) is 3.82. The molecule has 2 aliphatic rings. The van der Waals surface area contributed by atoms with Gasteiger partial charge >= 0.3 is 0 Å². The van der Waals surface area contributed by atoms with E-state index in [4.69, 9.17) is 9.47 Å². The van der Waals surface area contributed by atoms with Crippen molar-refractivity contribution in [3.05, 3.63) is 30.4 Å². The van der Waals surface area contributed by atoms with Crippen LogP contribution in [0.3, 0.4) is 0 Å². The molecular weight excluding hydrogens is 400 g/mol. The van der Waals surface area contributed by atoms with Gasteiger partial charge in [0.1, 0.15) is 12.4 Å². The topological polar surface area (TPSA) is 86.2 Å². The summed E-state index contributed by atoms with van der Waals surface area (Å²) in [6.07, 6.45) is 10.6. The van der Waals surface area contributed by atoms with Gasteiger partial charge in [0, 0.05) is 29.4 Å². The van der Waals surface area contributed by atoms with Crippen LogP contribution in [-0.4, -0.2) is 34.1 Å². The van der Waals surface area contributed by atoms with E-state index in [0.29, 0.717) is 23.7 Å². The first-order chi connectivity index (χ1) is 14.7. The average molecular weight is 425 g/mol. The van der Waals surface area contributed by atoms with Crippen molar-refractivity contribution in [3.8, 4) is 16.9 Å². The molecule has 0 unspecified atom stereocenters. The Bertz CT molecular complexity index is 1060. The van der Waals surface area contributed by atoms with Gasteiger partial charge in [-0.15, -0.1) is 0 Å². The van der Waals surface area contributed by atoms with E-state index in [1.165, 1.54) is 24.2 Å². The van der Waals surface area contributed by atoms with Gasteiger partial charge in [0.05, 0.1) is 23.4 Å². The Morgan fingerprint density at radius 2 is 1.93 bits per heavy atom. The lowest BCUT2D eigenvalue weighted by Crippen LogP contribution is -2.12. The predicted octanol–water partition coefficient (Wildman–Crippen LogP) is 4.57. The van der Waals surface area contributed by atoms with E-state index in [2.05, 4.69) is 20.3 Å². The van der Waals surface area contributed by atoms with Gasteiger partial charge in [-0.25, -0.2) is 15.0 Å². The van der Waals surface area contributed by atoms with Gasteiger partial charge in [-0.1, -0.05) is 24.2 Å². The van der Waals surface area contributed by atoms with Crippen LogP contribution < -0.4 is 10.1 Å². The Morgan fingerprint density at radius 1 is 1.17 bits per heavy atom. The maximum absolute atomic E-state index is 12.1. The minimum absolute atomic E-state index is 0.0528. The molecule has 7 nitrogen and oxygen atoms in total. The van der Waals surface area contributed by atoms with Crippen molar-refractivity contribution in [2.24, 2.45) is 5.92 Å². The lowest BCUT2D eigenvalue weighted by atomic mass is 10.1. The molecule has 8 heteroatoms. The molecule has 2 fully saturated rings. The fraction of sp³-hybridized carbons (Fsp3) is 0.455. The molecule has 2 saturated carbocycles. The van der Waals surface area contributed by atoms with Gasteiger partial charge in [-0.2, -0.15) is 0 Å². The number of hydrogen-bond donors (Lipinski definition) is 1. The largest absolute Gasteiger partial charge is 0.495 e. The van der Waals surface area contributed by atoms with Crippen LogP contribution in [0.1, 0.15) is 44.3 Å². The molecule has 2 aromatic heterocycles. The van der Waals surface area contributed by atoms with Gasteiger partial charge in [0.25, 0.3) is 0 Å². The van der Waals surface area contributed by atoms with Crippen LogP contribution >= 0.6 is 11.3 Å². The van der Waals surface area contributed by atoms with Crippen LogP contribution in [0.5, 0.6) is 5.75 Å². The number of thiazole rings is 1. The van der Waals surface area contributed by atoms with Crippen molar-refractivity contribution in [2.75, 3.05) is 12.4 Å². The van der Waals surface area contributed by atoms with Gasteiger partial charge < -0.3 is 14.8 Å². The smallest absolute Gasteiger partial charge is 0.229 e. The van der Waals surface area contributed by atoms with Crippen LogP contribution in [-0.2, 0) is 16.1 Å². The highest BCUT2D eigenvalue weighted by Gasteiger charge is 2.30. The summed E-state index contributed by atoms with van der Waals surface area (Å²) in [6.45, 7) is 0.444. The minimum Gasteiger partial charge on any atom is -0.495 e. The normalized spacial score (nSPS) is 16.8. The van der Waals surface area contributed by atoms with E-state index in [-0.39, 0.29) is 11.8 Å². The molecule has 3 aromatic rings. The van der Waals surface area contributed by atoms with Crippen molar-refractivity contribution < 1.29 is 14.3 Å². The molecule has 1 N–H and O–H groups in total. The van der Waals surface area contributed by atoms with Crippen molar-refractivity contribution in [3.63, 3.8) is 0 Å². The molecule has 0 radical (unpaired) electrons. The quantitative estimate of drug-likeness (QED) is 0.598. The fourth-order valence-corrected chi connectivity index (χ4v) is 4.81. The maximum Gasteiger partial charge on any atom is 0.229 e. The third-order valence-electron chi connectivity index (χ3n) is 5.66. The van der Waals surface area contributed by atoms with E-state index in [1.807, 2.05) is 12.1 Å². The Kier molecular flexibility index (Phi) is 5.35. The first-order valence-corrected chi connectivity index (χ1v) is 11.2. The van der Waals surface area contributed by atoms with Gasteiger partial charge in [0.2, 0.25) is 5.91 Å². The summed E-state index contributed by atoms with van der Waals surface area (Å²) in [4.78, 5) is 25.6. The Hall–Kier alpha value is -2.58. The summed E-state index contributed by atoms with van der Waals surface area (Å²) in [5, 5.41) is 3.53. The van der Waals surface area contributed by atoms with Gasteiger partial charge in [-0.3, -0.25) is 4.79 Å². The first-order valence-electron chi connectivity index (χ1n) is 10.4. The summed E-state index contributed by atoms with van der Waals surface area (Å²) in [7, 11) is 1.64. The van der Waals surface area contributed by atoms with Crippen molar-refractivity contribution in [1.82, 2.24) is 15.0 Å². The summed E-state index contributed by atoms with van der Waals surface area (Å²) in [6, 6.07) is 3.90. The van der Waals surface area contributed by atoms with E-state index < -0.39 is 0 Å². The molecule has 0 atom stereocenters. The molecule has 0 spiro atoms. The maximum atomic E-state index is 12.1. The number of hydrogen-bond acceptors (Lipinski definition) is 7. The summed E-state index contributed by atoms with van der Waals surface area (Å²) < 4.78 is 12.5. The third-order valence-corrected chi connectivity index (χ3v) is 6.65.